The highest BCUT2D eigenvalue weighted by Crippen LogP contribution is 2.36. The Morgan fingerprint density at radius 1 is 1.35 bits per heavy atom. The number of alkyl halides is 2. The van der Waals surface area contributed by atoms with Crippen molar-refractivity contribution in [2.45, 2.75) is 52.2 Å². The summed E-state index contributed by atoms with van der Waals surface area (Å²) in [6, 6.07) is 4.31. The number of hydrogen-bond acceptors (Lipinski definition) is 2. The smallest absolute Gasteiger partial charge is 0.387 e. The molecule has 2 nitrogen and oxygen atoms in total. The van der Waals surface area contributed by atoms with Crippen LogP contribution in [0.1, 0.15) is 39.5 Å². The molecule has 0 aromatic heterocycles. The summed E-state index contributed by atoms with van der Waals surface area (Å²) in [6.07, 6.45) is 4.39. The second-order valence-corrected chi connectivity index (χ2v) is 6.13. The van der Waals surface area contributed by atoms with Gasteiger partial charge in [-0.15, -0.1) is 0 Å². The summed E-state index contributed by atoms with van der Waals surface area (Å²) in [5.74, 6) is -1.19. The Morgan fingerprint density at radius 3 is 2.70 bits per heavy atom. The lowest BCUT2D eigenvalue weighted by Crippen LogP contribution is -2.31. The first-order valence-electron chi connectivity index (χ1n) is 6.87. The van der Waals surface area contributed by atoms with E-state index in [0.717, 1.165) is 19.3 Å². The van der Waals surface area contributed by atoms with E-state index in [1.54, 1.807) is 6.07 Å². The molecule has 1 fully saturated rings. The van der Waals surface area contributed by atoms with Crippen molar-refractivity contribution in [1.82, 2.24) is 0 Å². The van der Waals surface area contributed by atoms with Gasteiger partial charge in [0.2, 0.25) is 0 Å². The van der Waals surface area contributed by atoms with E-state index in [1.807, 2.05) is 0 Å². The van der Waals surface area contributed by atoms with Crippen molar-refractivity contribution in [3.05, 3.63) is 24.0 Å². The van der Waals surface area contributed by atoms with Crippen LogP contribution in [0.15, 0.2) is 18.2 Å². The summed E-state index contributed by atoms with van der Waals surface area (Å²) in [5.41, 5.74) is 0.888. The Hall–Kier alpha value is -1.39. The van der Waals surface area contributed by atoms with Crippen molar-refractivity contribution in [3.63, 3.8) is 0 Å². The third kappa shape index (κ3) is 4.05. The molecule has 1 unspecified atom stereocenters. The van der Waals surface area contributed by atoms with Crippen LogP contribution in [-0.2, 0) is 0 Å². The van der Waals surface area contributed by atoms with Crippen LogP contribution in [0.5, 0.6) is 5.75 Å². The van der Waals surface area contributed by atoms with Crippen LogP contribution < -0.4 is 10.1 Å². The predicted molar refractivity (Wildman–Crippen MR) is 72.7 cm³/mol. The number of halogens is 3. The molecule has 1 aliphatic carbocycles. The second kappa shape index (κ2) is 5.94. The van der Waals surface area contributed by atoms with Gasteiger partial charge in [-0.05, 0) is 36.8 Å². The molecule has 20 heavy (non-hydrogen) atoms. The molecule has 0 bridgehead atoms. The topological polar surface area (TPSA) is 21.3 Å². The first-order chi connectivity index (χ1) is 9.35. The van der Waals surface area contributed by atoms with Crippen LogP contribution in [0, 0.1) is 11.2 Å². The number of rotatable bonds is 4. The van der Waals surface area contributed by atoms with E-state index in [-0.39, 0.29) is 5.41 Å². The van der Waals surface area contributed by atoms with Gasteiger partial charge < -0.3 is 10.1 Å². The maximum atomic E-state index is 13.6. The van der Waals surface area contributed by atoms with E-state index in [1.165, 1.54) is 18.6 Å². The van der Waals surface area contributed by atoms with E-state index in [2.05, 4.69) is 23.9 Å². The molecule has 0 saturated heterocycles. The van der Waals surface area contributed by atoms with Gasteiger partial charge in [0.1, 0.15) is 0 Å². The number of anilines is 1. The lowest BCUT2D eigenvalue weighted by Gasteiger charge is -2.36. The molecule has 2 rings (SSSR count). The Morgan fingerprint density at radius 2 is 2.10 bits per heavy atom. The molecule has 1 N–H and O–H groups in total. The highest BCUT2D eigenvalue weighted by atomic mass is 19.3. The largest absolute Gasteiger partial charge is 0.432 e. The molecule has 5 heteroatoms. The highest BCUT2D eigenvalue weighted by molar-refractivity contribution is 5.48. The fourth-order valence-corrected chi connectivity index (χ4v) is 2.84. The maximum Gasteiger partial charge on any atom is 0.387 e. The SMILES string of the molecule is CC1(C)CCCC(Nc2ccc(OC(F)F)c(F)c2)C1. The summed E-state index contributed by atoms with van der Waals surface area (Å²) in [7, 11) is 0. The van der Waals surface area contributed by atoms with Crippen LogP contribution >= 0.6 is 0 Å². The average Bonchev–Trinajstić information content (AvgIpc) is 2.31. The zero-order valence-electron chi connectivity index (χ0n) is 11.8. The molecule has 0 aliphatic heterocycles. The third-order valence-corrected chi connectivity index (χ3v) is 3.72. The minimum absolute atomic E-state index is 0.285. The summed E-state index contributed by atoms with van der Waals surface area (Å²) in [4.78, 5) is 0. The molecule has 1 aromatic rings. The molecule has 0 spiro atoms. The molecule has 0 heterocycles. The monoisotopic (exact) mass is 287 g/mol. The van der Waals surface area contributed by atoms with Crippen molar-refractivity contribution in [2.24, 2.45) is 5.41 Å². The fourth-order valence-electron chi connectivity index (χ4n) is 2.84. The van der Waals surface area contributed by atoms with Gasteiger partial charge in [-0.2, -0.15) is 8.78 Å². The van der Waals surface area contributed by atoms with Gasteiger partial charge in [-0.25, -0.2) is 4.39 Å². The Bertz CT molecular complexity index is 462. The zero-order chi connectivity index (χ0) is 14.8. The van der Waals surface area contributed by atoms with Gasteiger partial charge in [0.25, 0.3) is 0 Å². The molecular weight excluding hydrogens is 267 g/mol. The van der Waals surface area contributed by atoms with E-state index in [9.17, 15) is 13.2 Å². The fraction of sp³-hybridized carbons (Fsp3) is 0.600. The quantitative estimate of drug-likeness (QED) is 0.858. The van der Waals surface area contributed by atoms with Gasteiger partial charge in [0.05, 0.1) is 0 Å². The zero-order valence-corrected chi connectivity index (χ0v) is 11.8. The molecule has 0 amide bonds. The number of nitrogens with one attached hydrogen (secondary N) is 1. The van der Waals surface area contributed by atoms with Crippen LogP contribution in [0.3, 0.4) is 0 Å². The standard InChI is InChI=1S/C15H20F3NO/c1-15(2)7-3-4-11(9-15)19-10-5-6-13(12(16)8-10)20-14(17)18/h5-6,8,11,14,19H,3-4,7,9H2,1-2H3. The summed E-state index contributed by atoms with van der Waals surface area (Å²) in [5, 5.41) is 3.27. The van der Waals surface area contributed by atoms with Crippen molar-refractivity contribution < 1.29 is 17.9 Å². The van der Waals surface area contributed by atoms with Crippen molar-refractivity contribution in [1.29, 1.82) is 0 Å². The van der Waals surface area contributed by atoms with Gasteiger partial charge in [-0.3, -0.25) is 0 Å². The lowest BCUT2D eigenvalue weighted by atomic mass is 9.75. The molecule has 0 radical (unpaired) electrons. The average molecular weight is 287 g/mol. The molecular formula is C15H20F3NO. The van der Waals surface area contributed by atoms with Gasteiger partial charge in [-0.1, -0.05) is 20.3 Å². The minimum Gasteiger partial charge on any atom is -0.432 e. The molecule has 112 valence electrons. The third-order valence-electron chi connectivity index (χ3n) is 3.72. The van der Waals surface area contributed by atoms with E-state index in [0.29, 0.717) is 11.7 Å². The second-order valence-electron chi connectivity index (χ2n) is 6.13. The van der Waals surface area contributed by atoms with E-state index < -0.39 is 18.2 Å². The normalized spacial score (nSPS) is 21.8. The predicted octanol–water partition coefficient (Wildman–Crippen LogP) is 4.81. The molecule has 1 saturated carbocycles. The van der Waals surface area contributed by atoms with Gasteiger partial charge in [0.15, 0.2) is 11.6 Å². The lowest BCUT2D eigenvalue weighted by molar-refractivity contribution is -0.0521. The first-order valence-corrected chi connectivity index (χ1v) is 6.87. The molecule has 1 atom stereocenters. The van der Waals surface area contributed by atoms with Crippen LogP contribution in [0.4, 0.5) is 18.9 Å². The minimum atomic E-state index is -3.01. The first kappa shape index (κ1) is 15.0. The van der Waals surface area contributed by atoms with E-state index >= 15 is 0 Å². The Labute approximate surface area is 117 Å². The Balaban J connectivity index is 2.01. The van der Waals surface area contributed by atoms with Crippen LogP contribution in [0.25, 0.3) is 0 Å². The van der Waals surface area contributed by atoms with Gasteiger partial charge in [0, 0.05) is 17.8 Å². The van der Waals surface area contributed by atoms with Crippen molar-refractivity contribution >= 4 is 5.69 Å². The van der Waals surface area contributed by atoms with Crippen LogP contribution in [-0.4, -0.2) is 12.7 Å². The van der Waals surface area contributed by atoms with Gasteiger partial charge >= 0.3 is 6.61 Å². The number of benzene rings is 1. The van der Waals surface area contributed by atoms with Crippen molar-refractivity contribution in [3.8, 4) is 5.75 Å². The summed E-state index contributed by atoms with van der Waals surface area (Å²) in [6.45, 7) is 1.43. The summed E-state index contributed by atoms with van der Waals surface area (Å²) >= 11 is 0. The summed E-state index contributed by atoms with van der Waals surface area (Å²) < 4.78 is 41.8. The van der Waals surface area contributed by atoms with Crippen LogP contribution in [0.2, 0.25) is 0 Å². The molecule has 1 aromatic carbocycles. The molecule has 1 aliphatic rings. The number of ether oxygens (including phenoxy) is 1. The number of hydrogen-bond donors (Lipinski definition) is 1. The Kier molecular flexibility index (Phi) is 4.45. The van der Waals surface area contributed by atoms with Crippen molar-refractivity contribution in [2.75, 3.05) is 5.32 Å². The van der Waals surface area contributed by atoms with E-state index in [4.69, 9.17) is 0 Å². The maximum absolute atomic E-state index is 13.6. The highest BCUT2D eigenvalue weighted by Gasteiger charge is 2.27.